The van der Waals surface area contributed by atoms with Crippen LogP contribution in [0.4, 0.5) is 0 Å². The maximum Gasteiger partial charge on any atom is 0.294 e. The molecular formula is C11H18N4OS. The Morgan fingerprint density at radius 1 is 1.71 bits per heavy atom. The summed E-state index contributed by atoms with van der Waals surface area (Å²) in [6, 6.07) is 0. The zero-order chi connectivity index (χ0) is 12.5. The van der Waals surface area contributed by atoms with Gasteiger partial charge in [0.1, 0.15) is 0 Å². The molecule has 0 aliphatic carbocycles. The summed E-state index contributed by atoms with van der Waals surface area (Å²) in [5.74, 6) is 4.75. The van der Waals surface area contributed by atoms with Gasteiger partial charge in [0, 0.05) is 18.5 Å². The molecule has 1 fully saturated rings. The van der Waals surface area contributed by atoms with Gasteiger partial charge in [-0.2, -0.15) is 0 Å². The van der Waals surface area contributed by atoms with E-state index in [9.17, 15) is 4.79 Å². The monoisotopic (exact) mass is 254 g/mol. The van der Waals surface area contributed by atoms with E-state index in [-0.39, 0.29) is 5.91 Å². The fourth-order valence-corrected chi connectivity index (χ4v) is 2.84. The average molecular weight is 254 g/mol. The lowest BCUT2D eigenvalue weighted by molar-refractivity contribution is 0.0953. The molecule has 2 rings (SSSR count). The van der Waals surface area contributed by atoms with Gasteiger partial charge in [-0.3, -0.25) is 15.1 Å². The van der Waals surface area contributed by atoms with Crippen molar-refractivity contribution in [3.8, 4) is 0 Å². The van der Waals surface area contributed by atoms with Crippen LogP contribution in [0, 0.1) is 5.41 Å². The summed E-state index contributed by atoms with van der Waals surface area (Å²) in [4.78, 5) is 17.9. The van der Waals surface area contributed by atoms with Crippen molar-refractivity contribution in [2.75, 3.05) is 13.1 Å². The maximum atomic E-state index is 11.3. The highest BCUT2D eigenvalue weighted by atomic mass is 32.1. The molecule has 0 radical (unpaired) electrons. The van der Waals surface area contributed by atoms with Crippen molar-refractivity contribution in [2.45, 2.75) is 26.8 Å². The van der Waals surface area contributed by atoms with Gasteiger partial charge in [-0.05, 0) is 18.4 Å². The molecule has 0 aromatic carbocycles. The molecule has 94 valence electrons. The topological polar surface area (TPSA) is 71.2 Å². The van der Waals surface area contributed by atoms with E-state index in [2.05, 4.69) is 29.2 Å². The third-order valence-electron chi connectivity index (χ3n) is 3.02. The van der Waals surface area contributed by atoms with Crippen molar-refractivity contribution in [3.63, 3.8) is 0 Å². The molecule has 6 heteroatoms. The van der Waals surface area contributed by atoms with Crippen molar-refractivity contribution in [2.24, 2.45) is 11.3 Å². The van der Waals surface area contributed by atoms with E-state index < -0.39 is 0 Å². The van der Waals surface area contributed by atoms with Crippen molar-refractivity contribution in [1.29, 1.82) is 0 Å². The van der Waals surface area contributed by atoms with Gasteiger partial charge in [0.15, 0.2) is 5.01 Å². The molecule has 0 atom stereocenters. The Morgan fingerprint density at radius 3 is 3.06 bits per heavy atom. The van der Waals surface area contributed by atoms with E-state index in [1.165, 1.54) is 17.8 Å². The van der Waals surface area contributed by atoms with E-state index in [0.29, 0.717) is 10.4 Å². The number of carbonyl (C=O) groups excluding carboxylic acids is 1. The van der Waals surface area contributed by atoms with Crippen LogP contribution in [0.5, 0.6) is 0 Å². The Hall–Kier alpha value is -0.980. The van der Waals surface area contributed by atoms with Crippen LogP contribution in [0.15, 0.2) is 5.38 Å². The van der Waals surface area contributed by atoms with Crippen molar-refractivity contribution >= 4 is 17.2 Å². The van der Waals surface area contributed by atoms with Crippen LogP contribution < -0.4 is 11.3 Å². The number of hydrogen-bond donors (Lipinski definition) is 2. The van der Waals surface area contributed by atoms with E-state index >= 15 is 0 Å². The van der Waals surface area contributed by atoms with E-state index in [1.807, 2.05) is 5.38 Å². The van der Waals surface area contributed by atoms with E-state index in [0.717, 1.165) is 25.3 Å². The van der Waals surface area contributed by atoms with Gasteiger partial charge >= 0.3 is 0 Å². The first-order valence-electron chi connectivity index (χ1n) is 5.68. The fourth-order valence-electron chi connectivity index (χ4n) is 2.13. The van der Waals surface area contributed by atoms with Crippen LogP contribution in [-0.2, 0) is 6.54 Å². The van der Waals surface area contributed by atoms with Gasteiger partial charge in [-0.1, -0.05) is 13.8 Å². The summed E-state index contributed by atoms with van der Waals surface area (Å²) in [6.45, 7) is 7.56. The van der Waals surface area contributed by atoms with Crippen LogP contribution in [0.1, 0.15) is 35.8 Å². The number of hydrogen-bond acceptors (Lipinski definition) is 5. The number of carbonyl (C=O) groups is 1. The quantitative estimate of drug-likeness (QED) is 0.479. The van der Waals surface area contributed by atoms with Crippen LogP contribution in [0.2, 0.25) is 0 Å². The molecule has 2 heterocycles. The molecular weight excluding hydrogens is 236 g/mol. The minimum atomic E-state index is -0.317. The maximum absolute atomic E-state index is 11.3. The number of rotatable bonds is 3. The minimum absolute atomic E-state index is 0.317. The Bertz CT molecular complexity index is 415. The van der Waals surface area contributed by atoms with Crippen LogP contribution >= 0.6 is 11.3 Å². The number of nitrogens with two attached hydrogens (primary N) is 1. The zero-order valence-corrected chi connectivity index (χ0v) is 11.0. The lowest BCUT2D eigenvalue weighted by Crippen LogP contribution is -2.30. The molecule has 1 aliphatic rings. The molecule has 5 nitrogen and oxygen atoms in total. The molecule has 0 saturated carbocycles. The number of amides is 1. The van der Waals surface area contributed by atoms with Gasteiger partial charge in [0.05, 0.1) is 5.69 Å². The highest BCUT2D eigenvalue weighted by molar-refractivity contribution is 7.11. The molecule has 0 bridgehead atoms. The molecule has 1 aromatic heterocycles. The Kier molecular flexibility index (Phi) is 3.46. The minimum Gasteiger partial charge on any atom is -0.297 e. The third-order valence-corrected chi connectivity index (χ3v) is 3.91. The van der Waals surface area contributed by atoms with Gasteiger partial charge in [0.25, 0.3) is 5.91 Å². The van der Waals surface area contributed by atoms with Gasteiger partial charge in [-0.25, -0.2) is 10.8 Å². The van der Waals surface area contributed by atoms with E-state index in [4.69, 9.17) is 5.84 Å². The van der Waals surface area contributed by atoms with Crippen molar-refractivity contribution < 1.29 is 4.79 Å². The molecule has 1 amide bonds. The number of nitrogens with zero attached hydrogens (tertiary/aromatic N) is 2. The third kappa shape index (κ3) is 3.02. The number of likely N-dealkylation sites (tertiary alicyclic amines) is 1. The van der Waals surface area contributed by atoms with Crippen LogP contribution in [0.3, 0.4) is 0 Å². The average Bonchev–Trinajstić information content (AvgIpc) is 2.85. The van der Waals surface area contributed by atoms with Crippen molar-refractivity contribution in [1.82, 2.24) is 15.3 Å². The Labute approximate surface area is 105 Å². The molecule has 0 unspecified atom stereocenters. The predicted octanol–water partition coefficient (Wildman–Crippen LogP) is 0.979. The predicted molar refractivity (Wildman–Crippen MR) is 67.4 cm³/mol. The second kappa shape index (κ2) is 4.72. The molecule has 1 aromatic rings. The largest absolute Gasteiger partial charge is 0.297 e. The summed E-state index contributed by atoms with van der Waals surface area (Å²) >= 11 is 1.34. The second-order valence-corrected chi connectivity index (χ2v) is 6.10. The number of nitrogens with one attached hydrogen (secondary N) is 1. The van der Waals surface area contributed by atoms with Gasteiger partial charge in [-0.15, -0.1) is 11.3 Å². The van der Waals surface area contributed by atoms with Crippen LogP contribution in [-0.4, -0.2) is 28.9 Å². The van der Waals surface area contributed by atoms with Crippen molar-refractivity contribution in [3.05, 3.63) is 16.1 Å². The number of hydrazine groups is 1. The smallest absolute Gasteiger partial charge is 0.294 e. The molecule has 17 heavy (non-hydrogen) atoms. The molecule has 1 aliphatic heterocycles. The summed E-state index contributed by atoms with van der Waals surface area (Å²) in [5.41, 5.74) is 3.44. The first-order chi connectivity index (χ1) is 8.00. The Morgan fingerprint density at radius 2 is 2.47 bits per heavy atom. The van der Waals surface area contributed by atoms with Gasteiger partial charge < -0.3 is 0 Å². The number of nitrogen functional groups attached to an aromatic ring is 1. The molecule has 0 spiro atoms. The zero-order valence-electron chi connectivity index (χ0n) is 10.2. The van der Waals surface area contributed by atoms with E-state index in [1.54, 1.807) is 0 Å². The van der Waals surface area contributed by atoms with Gasteiger partial charge in [0.2, 0.25) is 0 Å². The summed E-state index contributed by atoms with van der Waals surface area (Å²) < 4.78 is 0. The highest BCUT2D eigenvalue weighted by Crippen LogP contribution is 2.29. The summed E-state index contributed by atoms with van der Waals surface area (Å²) in [5, 5.41) is 2.36. The normalized spacial score (nSPS) is 19.5. The number of thiazole rings is 1. The standard InChI is InChI=1S/C11H18N4OS/c1-11(2)3-4-15(7-11)5-8-6-17-10(13-8)9(16)14-12/h6H,3-5,7,12H2,1-2H3,(H,14,16). The second-order valence-electron chi connectivity index (χ2n) is 5.24. The molecule has 3 N–H and O–H groups in total. The Balaban J connectivity index is 1.96. The van der Waals surface area contributed by atoms with Crippen LogP contribution in [0.25, 0.3) is 0 Å². The number of aromatic nitrogens is 1. The lowest BCUT2D eigenvalue weighted by Gasteiger charge is -2.18. The molecule has 1 saturated heterocycles. The first-order valence-corrected chi connectivity index (χ1v) is 6.56. The fraction of sp³-hybridized carbons (Fsp3) is 0.636. The highest BCUT2D eigenvalue weighted by Gasteiger charge is 2.29. The first kappa shape index (κ1) is 12.5. The summed E-state index contributed by atoms with van der Waals surface area (Å²) in [6.07, 6.45) is 1.22. The summed E-state index contributed by atoms with van der Waals surface area (Å²) in [7, 11) is 0. The SMILES string of the molecule is CC1(C)CCN(Cc2csc(C(=O)NN)n2)C1. The lowest BCUT2D eigenvalue weighted by atomic mass is 9.93.